The molecule has 212 valence electrons. The van der Waals surface area contributed by atoms with Crippen LogP contribution >= 0.6 is 11.8 Å². The summed E-state index contributed by atoms with van der Waals surface area (Å²) in [5.74, 6) is -2.01. The lowest BCUT2D eigenvalue weighted by Gasteiger charge is -2.42. The Hall–Kier alpha value is -2.58. The van der Waals surface area contributed by atoms with Gasteiger partial charge in [0.05, 0.1) is 35.8 Å². The van der Waals surface area contributed by atoms with Crippen molar-refractivity contribution < 1.29 is 24.2 Å². The minimum Gasteiger partial charge on any atom is -0.465 e. The molecule has 3 unspecified atom stereocenters. The number of aliphatic hydroxyl groups excluding tert-OH is 1. The minimum absolute atomic E-state index is 0.0323. The van der Waals surface area contributed by atoms with Crippen LogP contribution in [0.3, 0.4) is 0 Å². The van der Waals surface area contributed by atoms with Gasteiger partial charge in [-0.05, 0) is 51.0 Å². The molecule has 8 heteroatoms. The average Bonchev–Trinajstić information content (AvgIpc) is 3.51. The molecule has 4 rings (SSSR count). The summed E-state index contributed by atoms with van der Waals surface area (Å²) in [6.07, 6.45) is 6.77. The van der Waals surface area contributed by atoms with Gasteiger partial charge in [0, 0.05) is 17.8 Å². The molecule has 0 aliphatic carbocycles. The van der Waals surface area contributed by atoms with E-state index >= 15 is 0 Å². The summed E-state index contributed by atoms with van der Waals surface area (Å²) in [5, 5.41) is 10.5. The second-order valence-electron chi connectivity index (χ2n) is 11.2. The van der Waals surface area contributed by atoms with Crippen molar-refractivity contribution in [2.45, 2.75) is 74.6 Å². The van der Waals surface area contributed by atoms with Crippen molar-refractivity contribution in [1.29, 1.82) is 0 Å². The van der Waals surface area contributed by atoms with Crippen molar-refractivity contribution in [1.82, 2.24) is 9.80 Å². The first-order chi connectivity index (χ1) is 18.7. The molecule has 1 aromatic carbocycles. The number of carbonyl (C=O) groups is 3. The Morgan fingerprint density at radius 1 is 1.23 bits per heavy atom. The molecule has 3 heterocycles. The summed E-state index contributed by atoms with van der Waals surface area (Å²) >= 11 is 1.62. The van der Waals surface area contributed by atoms with E-state index < -0.39 is 28.7 Å². The predicted octanol–water partition coefficient (Wildman–Crippen LogP) is 4.38. The summed E-state index contributed by atoms with van der Waals surface area (Å²) in [5.41, 5.74) is 0.760. The molecule has 3 aliphatic rings. The number of ether oxygens (including phenoxy) is 1. The van der Waals surface area contributed by atoms with E-state index in [0.29, 0.717) is 13.2 Å². The van der Waals surface area contributed by atoms with Crippen LogP contribution in [0.15, 0.2) is 55.6 Å². The maximum absolute atomic E-state index is 14.5. The van der Waals surface area contributed by atoms with Gasteiger partial charge in [0.1, 0.15) is 6.04 Å². The van der Waals surface area contributed by atoms with Gasteiger partial charge in [-0.1, -0.05) is 49.4 Å². The van der Waals surface area contributed by atoms with Crippen LogP contribution in [0, 0.1) is 17.8 Å². The molecule has 2 amide bonds. The zero-order valence-electron chi connectivity index (χ0n) is 23.3. The Bertz CT molecular complexity index is 1080. The van der Waals surface area contributed by atoms with E-state index in [2.05, 4.69) is 20.1 Å². The number of fused-ring (bicyclic) bond motifs is 1. The molecule has 3 aliphatic heterocycles. The lowest BCUT2D eigenvalue weighted by molar-refractivity contribution is -0.155. The average molecular weight is 555 g/mol. The maximum atomic E-state index is 14.5. The number of hydrogen-bond acceptors (Lipinski definition) is 6. The van der Waals surface area contributed by atoms with E-state index in [0.717, 1.165) is 31.2 Å². The topological polar surface area (TPSA) is 87.2 Å². The molecule has 3 saturated heterocycles. The molecular formula is C31H42N2O5S. The highest BCUT2D eigenvalue weighted by Crippen LogP contribution is 2.69. The molecule has 0 saturated carbocycles. The van der Waals surface area contributed by atoms with Gasteiger partial charge in [-0.3, -0.25) is 14.4 Å². The first kappa shape index (κ1) is 29.4. The maximum Gasteiger partial charge on any atom is 0.310 e. The normalized spacial score (nSPS) is 29.8. The van der Waals surface area contributed by atoms with Gasteiger partial charge in [-0.15, -0.1) is 24.9 Å². The van der Waals surface area contributed by atoms with Crippen LogP contribution in [-0.2, 0) is 19.1 Å². The van der Waals surface area contributed by atoms with Gasteiger partial charge in [-0.2, -0.15) is 0 Å². The van der Waals surface area contributed by atoms with Crippen LogP contribution in [0.25, 0.3) is 0 Å². The van der Waals surface area contributed by atoms with Crippen molar-refractivity contribution in [3.63, 3.8) is 0 Å². The Morgan fingerprint density at radius 3 is 2.56 bits per heavy atom. The molecule has 1 aromatic rings. The molecule has 2 bridgehead atoms. The van der Waals surface area contributed by atoms with Gasteiger partial charge < -0.3 is 19.6 Å². The van der Waals surface area contributed by atoms with E-state index in [4.69, 9.17) is 4.74 Å². The number of rotatable bonds is 13. The number of hydrogen-bond donors (Lipinski definition) is 1. The SMILES string of the molecule is C=CCCCCOC(=O)[C@@H]1[C@@H]2CC(C)C3(S2)C(C(=O)N(CC=C)C(C)C)N([C@H](CO)c2ccccc2)C(=O)[C@H]13. The van der Waals surface area contributed by atoms with Crippen molar-refractivity contribution in [3.05, 3.63) is 61.2 Å². The van der Waals surface area contributed by atoms with Crippen molar-refractivity contribution in [2.24, 2.45) is 17.8 Å². The minimum atomic E-state index is -0.815. The second-order valence-corrected chi connectivity index (χ2v) is 12.8. The molecule has 7 nitrogen and oxygen atoms in total. The second kappa shape index (κ2) is 12.3. The predicted molar refractivity (Wildman–Crippen MR) is 154 cm³/mol. The van der Waals surface area contributed by atoms with Crippen molar-refractivity contribution in [3.8, 4) is 0 Å². The largest absolute Gasteiger partial charge is 0.465 e. The summed E-state index contributed by atoms with van der Waals surface area (Å²) in [7, 11) is 0. The van der Waals surface area contributed by atoms with Crippen LogP contribution in [0.4, 0.5) is 0 Å². The van der Waals surface area contributed by atoms with Crippen LogP contribution in [0.2, 0.25) is 0 Å². The Kier molecular flexibility index (Phi) is 9.27. The third-order valence-corrected chi connectivity index (χ3v) is 10.7. The van der Waals surface area contributed by atoms with E-state index in [-0.39, 0.29) is 41.6 Å². The van der Waals surface area contributed by atoms with Gasteiger partial charge in [0.15, 0.2) is 0 Å². The Morgan fingerprint density at radius 2 is 1.95 bits per heavy atom. The third kappa shape index (κ3) is 5.06. The third-order valence-electron chi connectivity index (χ3n) is 8.66. The number of esters is 1. The zero-order valence-corrected chi connectivity index (χ0v) is 24.1. The zero-order chi connectivity index (χ0) is 28.3. The first-order valence-electron chi connectivity index (χ1n) is 14.1. The monoisotopic (exact) mass is 554 g/mol. The van der Waals surface area contributed by atoms with Gasteiger partial charge >= 0.3 is 5.97 Å². The lowest BCUT2D eigenvalue weighted by Crippen LogP contribution is -2.58. The molecular weight excluding hydrogens is 512 g/mol. The van der Waals surface area contributed by atoms with E-state index in [1.54, 1.807) is 27.6 Å². The fourth-order valence-electron chi connectivity index (χ4n) is 6.88. The number of amides is 2. The first-order valence-corrected chi connectivity index (χ1v) is 15.0. The number of unbranched alkanes of at least 4 members (excludes halogenated alkanes) is 2. The summed E-state index contributed by atoms with van der Waals surface area (Å²) < 4.78 is 4.95. The van der Waals surface area contributed by atoms with Gasteiger partial charge in [-0.25, -0.2) is 0 Å². The van der Waals surface area contributed by atoms with Gasteiger partial charge in [0.2, 0.25) is 11.8 Å². The fourth-order valence-corrected chi connectivity index (χ4v) is 9.27. The Balaban J connectivity index is 1.76. The Labute approximate surface area is 236 Å². The van der Waals surface area contributed by atoms with Crippen LogP contribution in [0.1, 0.15) is 58.1 Å². The number of carbonyl (C=O) groups excluding carboxylic acids is 3. The highest BCUT2D eigenvalue weighted by molar-refractivity contribution is 8.02. The molecule has 3 fully saturated rings. The number of nitrogens with zero attached hydrogens (tertiary/aromatic N) is 2. The quantitative estimate of drug-likeness (QED) is 0.221. The van der Waals surface area contributed by atoms with E-state index in [1.807, 2.05) is 50.3 Å². The molecule has 1 N–H and O–H groups in total. The number of benzene rings is 1. The van der Waals surface area contributed by atoms with E-state index in [9.17, 15) is 19.5 Å². The molecule has 0 radical (unpaired) electrons. The van der Waals surface area contributed by atoms with Crippen LogP contribution < -0.4 is 0 Å². The van der Waals surface area contributed by atoms with Gasteiger partial charge in [0.25, 0.3) is 0 Å². The summed E-state index contributed by atoms with van der Waals surface area (Å²) in [6.45, 7) is 13.9. The molecule has 1 spiro atoms. The summed E-state index contributed by atoms with van der Waals surface area (Å²) in [4.78, 5) is 45.8. The fraction of sp³-hybridized carbons (Fsp3) is 0.581. The van der Waals surface area contributed by atoms with Crippen LogP contribution in [0.5, 0.6) is 0 Å². The number of thioether (sulfide) groups is 1. The number of aliphatic hydroxyl groups is 1. The highest BCUT2D eigenvalue weighted by Gasteiger charge is 2.77. The standard InChI is InChI=1S/C31H42N2O5S/c1-6-8-9-13-17-38-30(37)25-24-18-21(5)31(39-24)26(25)28(35)33(23(19-34)22-14-11-10-12-15-22)27(31)29(36)32(16-7-2)20(3)4/h6-7,10-12,14-15,20-21,23-27,34H,1-2,8-9,13,16-19H2,3-5H3/t21?,23-,24+,25-,26+,27?,31?/m1/s1. The lowest BCUT2D eigenvalue weighted by atomic mass is 9.66. The number of likely N-dealkylation sites (tertiary alicyclic amines) is 1. The highest BCUT2D eigenvalue weighted by atomic mass is 32.2. The molecule has 39 heavy (non-hydrogen) atoms. The van der Waals surface area contributed by atoms with Crippen LogP contribution in [-0.4, -0.2) is 74.5 Å². The van der Waals surface area contributed by atoms with E-state index in [1.165, 1.54) is 0 Å². The van der Waals surface area contributed by atoms with Crippen molar-refractivity contribution >= 4 is 29.5 Å². The number of allylic oxidation sites excluding steroid dienone is 1. The molecule has 0 aromatic heterocycles. The summed E-state index contributed by atoms with van der Waals surface area (Å²) in [6, 6.07) is 7.72. The van der Waals surface area contributed by atoms with Crippen molar-refractivity contribution in [2.75, 3.05) is 19.8 Å². The smallest absolute Gasteiger partial charge is 0.310 e. The molecule has 7 atom stereocenters.